The molecule has 0 unspecified atom stereocenters. The first-order chi connectivity index (χ1) is 11.6. The normalized spacial score (nSPS) is 10.8. The Balaban J connectivity index is 2.07. The van der Waals surface area contributed by atoms with Crippen LogP contribution in [0.1, 0.15) is 21.5 Å². The van der Waals surface area contributed by atoms with E-state index in [1.807, 2.05) is 67.6 Å². The topological polar surface area (TPSA) is 55.6 Å². The quantitative estimate of drug-likeness (QED) is 0.851. The maximum atomic E-state index is 12.7. The van der Waals surface area contributed by atoms with Gasteiger partial charge in [0.05, 0.1) is 5.56 Å². The largest absolute Gasteiger partial charge is 0.491 e. The van der Waals surface area contributed by atoms with Gasteiger partial charge >= 0.3 is 0 Å². The Kier molecular flexibility index (Phi) is 6.58. The lowest BCUT2D eigenvalue weighted by Gasteiger charge is -2.18. The van der Waals surface area contributed by atoms with Gasteiger partial charge < -0.3 is 15.4 Å². The van der Waals surface area contributed by atoms with E-state index in [9.17, 15) is 4.79 Å². The highest BCUT2D eigenvalue weighted by molar-refractivity contribution is 5.97. The fraction of sp³-hybridized carbons (Fsp3) is 0.250. The minimum atomic E-state index is -0.0663. The van der Waals surface area contributed by atoms with E-state index < -0.39 is 0 Å². The number of likely N-dealkylation sites (N-methyl/N-ethyl adjacent to an activating group) is 1. The molecule has 0 fully saturated rings. The van der Waals surface area contributed by atoms with E-state index in [2.05, 4.69) is 0 Å². The molecule has 4 nitrogen and oxygen atoms in total. The number of carbonyl (C=O) groups is 1. The van der Waals surface area contributed by atoms with Crippen molar-refractivity contribution >= 4 is 12.0 Å². The molecule has 0 aliphatic carbocycles. The van der Waals surface area contributed by atoms with Crippen molar-refractivity contribution in [3.8, 4) is 5.75 Å². The van der Waals surface area contributed by atoms with Crippen LogP contribution in [-0.4, -0.2) is 37.6 Å². The highest BCUT2D eigenvalue weighted by atomic mass is 16.5. The highest BCUT2D eigenvalue weighted by Gasteiger charge is 2.16. The molecule has 0 aliphatic rings. The van der Waals surface area contributed by atoms with Crippen molar-refractivity contribution in [3.05, 3.63) is 71.3 Å². The lowest BCUT2D eigenvalue weighted by atomic mass is 10.1. The molecular formula is C20H24N2O2. The molecule has 0 aromatic heterocycles. The first kappa shape index (κ1) is 17.8. The number of hydrogen-bond donors (Lipinski definition) is 1. The van der Waals surface area contributed by atoms with E-state index in [-0.39, 0.29) is 5.91 Å². The Labute approximate surface area is 143 Å². The van der Waals surface area contributed by atoms with E-state index >= 15 is 0 Å². The molecule has 2 N–H and O–H groups in total. The summed E-state index contributed by atoms with van der Waals surface area (Å²) in [5, 5.41) is 0. The lowest BCUT2D eigenvalue weighted by molar-refractivity contribution is 0.0806. The summed E-state index contributed by atoms with van der Waals surface area (Å²) in [7, 11) is 1.78. The summed E-state index contributed by atoms with van der Waals surface area (Å²) in [4.78, 5) is 14.4. The molecule has 4 heteroatoms. The molecule has 126 valence electrons. The average molecular weight is 324 g/mol. The van der Waals surface area contributed by atoms with Crippen molar-refractivity contribution in [2.45, 2.75) is 6.92 Å². The molecule has 0 saturated heterocycles. The molecule has 2 aromatic carbocycles. The van der Waals surface area contributed by atoms with E-state index in [4.69, 9.17) is 10.5 Å². The van der Waals surface area contributed by atoms with Gasteiger partial charge in [0.15, 0.2) is 0 Å². The monoisotopic (exact) mass is 324 g/mol. The van der Waals surface area contributed by atoms with Crippen molar-refractivity contribution < 1.29 is 9.53 Å². The van der Waals surface area contributed by atoms with Crippen LogP contribution in [0.3, 0.4) is 0 Å². The van der Waals surface area contributed by atoms with Crippen LogP contribution >= 0.6 is 0 Å². The van der Waals surface area contributed by atoms with Crippen LogP contribution in [-0.2, 0) is 0 Å². The molecule has 0 heterocycles. The number of amides is 1. The third-order valence-electron chi connectivity index (χ3n) is 3.58. The fourth-order valence-electron chi connectivity index (χ4n) is 2.31. The van der Waals surface area contributed by atoms with Crippen LogP contribution in [0.15, 0.2) is 54.6 Å². The number of ether oxygens (including phenoxy) is 1. The summed E-state index contributed by atoms with van der Waals surface area (Å²) in [6, 6.07) is 15.6. The summed E-state index contributed by atoms with van der Waals surface area (Å²) in [6.07, 6.45) is 3.98. The van der Waals surface area contributed by atoms with E-state index in [0.29, 0.717) is 31.0 Å². The first-order valence-corrected chi connectivity index (χ1v) is 8.02. The van der Waals surface area contributed by atoms with Gasteiger partial charge in [-0.2, -0.15) is 0 Å². The van der Waals surface area contributed by atoms with Gasteiger partial charge in [-0.25, -0.2) is 0 Å². The summed E-state index contributed by atoms with van der Waals surface area (Å²) in [5.74, 6) is 0.512. The highest BCUT2D eigenvalue weighted by Crippen LogP contribution is 2.21. The molecule has 2 rings (SSSR count). The van der Waals surface area contributed by atoms with E-state index in [0.717, 1.165) is 11.1 Å². The maximum Gasteiger partial charge on any atom is 0.257 e. The average Bonchev–Trinajstić information content (AvgIpc) is 2.60. The Hall–Kier alpha value is -2.59. The van der Waals surface area contributed by atoms with Gasteiger partial charge in [0.1, 0.15) is 12.4 Å². The Morgan fingerprint density at radius 3 is 2.67 bits per heavy atom. The minimum Gasteiger partial charge on any atom is -0.491 e. The summed E-state index contributed by atoms with van der Waals surface area (Å²) in [5.41, 5.74) is 8.18. The van der Waals surface area contributed by atoms with Gasteiger partial charge in [-0.15, -0.1) is 0 Å². The minimum absolute atomic E-state index is 0.0663. The Morgan fingerprint density at radius 1 is 1.21 bits per heavy atom. The number of hydrogen-bond acceptors (Lipinski definition) is 3. The van der Waals surface area contributed by atoms with Gasteiger partial charge in [-0.05, 0) is 24.6 Å². The zero-order valence-electron chi connectivity index (χ0n) is 14.2. The third-order valence-corrected chi connectivity index (χ3v) is 3.58. The van der Waals surface area contributed by atoms with Gasteiger partial charge in [-0.3, -0.25) is 4.79 Å². The van der Waals surface area contributed by atoms with Crippen molar-refractivity contribution in [2.75, 3.05) is 26.7 Å². The Bertz CT molecular complexity index is 696. The molecule has 0 saturated carbocycles. The zero-order chi connectivity index (χ0) is 17.4. The maximum absolute atomic E-state index is 12.7. The number of carbonyl (C=O) groups excluding carboxylic acids is 1. The Morgan fingerprint density at radius 2 is 1.96 bits per heavy atom. The van der Waals surface area contributed by atoms with Crippen LogP contribution in [0, 0.1) is 6.92 Å². The first-order valence-electron chi connectivity index (χ1n) is 8.02. The van der Waals surface area contributed by atoms with E-state index in [1.165, 1.54) is 0 Å². The second kappa shape index (κ2) is 8.89. The zero-order valence-corrected chi connectivity index (χ0v) is 14.2. The third kappa shape index (κ3) is 4.96. The number of aryl methyl sites for hydroxylation is 1. The lowest BCUT2D eigenvalue weighted by Crippen LogP contribution is -2.27. The van der Waals surface area contributed by atoms with Gasteiger partial charge in [0.25, 0.3) is 5.91 Å². The molecule has 0 aliphatic heterocycles. The molecule has 1 amide bonds. The number of nitrogens with zero attached hydrogens (tertiary/aromatic N) is 1. The summed E-state index contributed by atoms with van der Waals surface area (Å²) in [6.45, 7) is 3.29. The predicted octanol–water partition coefficient (Wildman–Crippen LogP) is 3.12. The molecule has 24 heavy (non-hydrogen) atoms. The second-order valence-corrected chi connectivity index (χ2v) is 5.64. The molecular weight excluding hydrogens is 300 g/mol. The van der Waals surface area contributed by atoms with Gasteiger partial charge in [-0.1, -0.05) is 54.1 Å². The van der Waals surface area contributed by atoms with Crippen molar-refractivity contribution in [2.24, 2.45) is 5.73 Å². The molecule has 2 aromatic rings. The predicted molar refractivity (Wildman–Crippen MR) is 98.2 cm³/mol. The smallest absolute Gasteiger partial charge is 0.257 e. The van der Waals surface area contributed by atoms with Crippen molar-refractivity contribution in [3.63, 3.8) is 0 Å². The molecule has 0 atom stereocenters. The summed E-state index contributed by atoms with van der Waals surface area (Å²) >= 11 is 0. The van der Waals surface area contributed by atoms with Crippen LogP contribution in [0.25, 0.3) is 6.08 Å². The standard InChI is InChI=1S/C20H24N2O2/c1-16-10-11-19(24-14-12-21)18(15-16)20(23)22(2)13-6-9-17-7-4-3-5-8-17/h3-11,15H,12-14,21H2,1-2H3/b9-6+. The van der Waals surface area contributed by atoms with Crippen molar-refractivity contribution in [1.29, 1.82) is 0 Å². The van der Waals surface area contributed by atoms with Crippen LogP contribution < -0.4 is 10.5 Å². The van der Waals surface area contributed by atoms with Gasteiger partial charge in [0.2, 0.25) is 0 Å². The van der Waals surface area contributed by atoms with Crippen LogP contribution in [0.5, 0.6) is 5.75 Å². The molecule has 0 radical (unpaired) electrons. The fourth-order valence-corrected chi connectivity index (χ4v) is 2.31. The molecule has 0 bridgehead atoms. The van der Waals surface area contributed by atoms with Gasteiger partial charge in [0, 0.05) is 20.1 Å². The van der Waals surface area contributed by atoms with E-state index in [1.54, 1.807) is 11.9 Å². The summed E-state index contributed by atoms with van der Waals surface area (Å²) < 4.78 is 5.60. The number of nitrogens with two attached hydrogens (primary N) is 1. The SMILES string of the molecule is Cc1ccc(OCCN)c(C(=O)N(C)C/C=C/c2ccccc2)c1. The molecule has 0 spiro atoms. The number of rotatable bonds is 7. The second-order valence-electron chi connectivity index (χ2n) is 5.64. The van der Waals surface area contributed by atoms with Crippen molar-refractivity contribution in [1.82, 2.24) is 4.90 Å². The number of benzene rings is 2. The van der Waals surface area contributed by atoms with Crippen LogP contribution in [0.4, 0.5) is 0 Å². The van der Waals surface area contributed by atoms with Crippen LogP contribution in [0.2, 0.25) is 0 Å².